The zero-order valence-electron chi connectivity index (χ0n) is 33.5. The van der Waals surface area contributed by atoms with E-state index in [0.29, 0.717) is 77.2 Å². The summed E-state index contributed by atoms with van der Waals surface area (Å²) in [6.45, 7) is 3.47. The summed E-state index contributed by atoms with van der Waals surface area (Å²) in [7, 11) is 0. The summed E-state index contributed by atoms with van der Waals surface area (Å²) in [6, 6.07) is 40.9. The molecule has 0 spiro atoms. The van der Waals surface area contributed by atoms with Crippen LogP contribution < -0.4 is 0 Å². The monoisotopic (exact) mass is 851 g/mol. The number of nitrogens with zero attached hydrogens (tertiary/aromatic N) is 5. The van der Waals surface area contributed by atoms with Crippen LogP contribution in [0.2, 0.25) is 5.02 Å². The van der Waals surface area contributed by atoms with Gasteiger partial charge in [0.05, 0.1) is 67.3 Å². The first-order chi connectivity index (χ1) is 30.5. The van der Waals surface area contributed by atoms with Gasteiger partial charge in [0.2, 0.25) is 0 Å². The van der Waals surface area contributed by atoms with Crippen LogP contribution in [-0.2, 0) is 0 Å². The quantitative estimate of drug-likeness (QED) is 0.153. The Balaban J connectivity index is 0.000000160. The Kier molecular flexibility index (Phi) is 10.4. The number of aromatic nitrogens is 2. The molecule has 0 radical (unpaired) electrons. The number of amides is 4. The van der Waals surface area contributed by atoms with E-state index >= 15 is 0 Å². The summed E-state index contributed by atoms with van der Waals surface area (Å²) in [6.07, 6.45) is 0. The van der Waals surface area contributed by atoms with Gasteiger partial charge in [-0.15, -0.1) is 0 Å². The first-order valence-corrected chi connectivity index (χ1v) is 20.2. The minimum Gasteiger partial charge on any atom is -0.269 e. The Morgan fingerprint density at radius 1 is 0.524 bits per heavy atom. The third-order valence-corrected chi connectivity index (χ3v) is 11.7. The van der Waals surface area contributed by atoms with Crippen molar-refractivity contribution in [1.82, 2.24) is 19.8 Å². The number of imide groups is 2. The Morgan fingerprint density at radius 3 is 1.32 bits per heavy atom. The second kappa shape index (κ2) is 16.2. The minimum atomic E-state index is -0.751. The van der Waals surface area contributed by atoms with Crippen molar-refractivity contribution >= 4 is 57.0 Å². The van der Waals surface area contributed by atoms with Crippen molar-refractivity contribution < 1.29 is 28.0 Å². The smallest absolute Gasteiger partial charge is 0.262 e. The number of rotatable bonds is 6. The first-order valence-electron chi connectivity index (χ1n) is 19.8. The fourth-order valence-corrected chi connectivity index (χ4v) is 8.69. The van der Waals surface area contributed by atoms with Crippen LogP contribution in [0.3, 0.4) is 0 Å². The maximum absolute atomic E-state index is 14.0. The topological polar surface area (TPSA) is 124 Å². The molecule has 4 heterocycles. The average molecular weight is 852 g/mol. The largest absolute Gasteiger partial charge is 0.269 e. The lowest BCUT2D eigenvalue weighted by atomic mass is 9.92. The van der Waals surface area contributed by atoms with Crippen LogP contribution in [0.4, 0.5) is 8.78 Å². The van der Waals surface area contributed by atoms with E-state index in [1.807, 2.05) is 60.7 Å². The van der Waals surface area contributed by atoms with Crippen LogP contribution in [0.25, 0.3) is 44.1 Å². The SMILES string of the molecule is CC(c1nc2ccc(F)cc2c(C#N)c1-c1ccccc1)N1C(=O)c2ccccc2C1=O.CC(c1nc2ccc(F)cc2c(Cl)c1-c1ccccc1)N1C(=O)c2ccccc2C1=O. The van der Waals surface area contributed by atoms with Crippen LogP contribution in [-0.4, -0.2) is 43.4 Å². The molecular weight excluding hydrogens is 820 g/mol. The van der Waals surface area contributed by atoms with Crippen LogP contribution in [0, 0.1) is 23.0 Å². The minimum absolute atomic E-state index is 0.249. The van der Waals surface area contributed by atoms with Crippen LogP contribution in [0.5, 0.6) is 0 Å². The molecule has 2 aromatic heterocycles. The van der Waals surface area contributed by atoms with Gasteiger partial charge < -0.3 is 0 Å². The van der Waals surface area contributed by atoms with Crippen molar-refractivity contribution in [2.75, 3.05) is 0 Å². The van der Waals surface area contributed by atoms with Gasteiger partial charge in [-0.25, -0.2) is 18.7 Å². The van der Waals surface area contributed by atoms with Gasteiger partial charge in [-0.05, 0) is 85.6 Å². The number of fused-ring (bicyclic) bond motifs is 4. The van der Waals surface area contributed by atoms with Crippen molar-refractivity contribution in [3.05, 3.63) is 201 Å². The molecule has 2 atom stereocenters. The van der Waals surface area contributed by atoms with E-state index in [1.54, 1.807) is 68.4 Å². The fraction of sp³-hybridized carbons (Fsp3) is 0.0784. The third kappa shape index (κ3) is 6.87. The Morgan fingerprint density at radius 2 is 0.889 bits per heavy atom. The van der Waals surface area contributed by atoms with Crippen molar-refractivity contribution in [3.63, 3.8) is 0 Å². The van der Waals surface area contributed by atoms with E-state index in [0.717, 1.165) is 5.56 Å². The number of benzene rings is 6. The molecule has 0 bridgehead atoms. The summed E-state index contributed by atoms with van der Waals surface area (Å²) in [5.41, 5.74) is 5.98. The van der Waals surface area contributed by atoms with E-state index < -0.39 is 35.5 Å². The van der Waals surface area contributed by atoms with E-state index in [2.05, 4.69) is 6.07 Å². The summed E-state index contributed by atoms with van der Waals surface area (Å²) in [5.74, 6) is -2.45. The number of hydrogen-bond donors (Lipinski definition) is 0. The molecule has 0 N–H and O–H groups in total. The molecule has 2 aliphatic rings. The van der Waals surface area contributed by atoms with Crippen LogP contribution in [0.15, 0.2) is 146 Å². The van der Waals surface area contributed by atoms with Gasteiger partial charge in [-0.1, -0.05) is 96.5 Å². The van der Waals surface area contributed by atoms with Gasteiger partial charge in [0.25, 0.3) is 23.6 Å². The van der Waals surface area contributed by atoms with Crippen molar-refractivity contribution in [3.8, 4) is 28.3 Å². The molecule has 2 aliphatic heterocycles. The summed E-state index contributed by atoms with van der Waals surface area (Å²) < 4.78 is 27.9. The highest BCUT2D eigenvalue weighted by Gasteiger charge is 2.42. The summed E-state index contributed by atoms with van der Waals surface area (Å²) in [4.78, 5) is 64.1. The maximum atomic E-state index is 14.0. The maximum Gasteiger partial charge on any atom is 0.262 e. The molecule has 0 saturated carbocycles. The van der Waals surface area contributed by atoms with E-state index in [9.17, 15) is 33.2 Å². The normalized spacial score (nSPS) is 14.0. The molecule has 9 nitrogen and oxygen atoms in total. The van der Waals surface area contributed by atoms with Gasteiger partial charge in [0, 0.05) is 21.9 Å². The Labute approximate surface area is 364 Å². The lowest BCUT2D eigenvalue weighted by Gasteiger charge is -2.25. The number of carbonyl (C=O) groups is 4. The zero-order valence-corrected chi connectivity index (χ0v) is 34.3. The molecular formula is C51H32ClF2N5O4. The highest BCUT2D eigenvalue weighted by atomic mass is 35.5. The Hall–Kier alpha value is -7.94. The standard InChI is InChI=1S/C26H16FN3O2.C25H16ClFN2O2/c1-15(30-25(31)18-9-5-6-10-19(18)26(30)32)24-23(16-7-3-2-4-8-16)21(14-28)20-13-17(27)11-12-22(20)29-24;1-14(29-24(30)17-9-5-6-10-18(17)25(29)31)23-21(15-7-3-2-4-8-15)22(26)19-13-16(27)11-12-20(19)28-23/h2-13,15H,1H3;2-14H,1H3. The predicted molar refractivity (Wildman–Crippen MR) is 235 cm³/mol. The molecule has 10 rings (SSSR count). The average Bonchev–Trinajstić information content (AvgIpc) is 3.72. The second-order valence-corrected chi connectivity index (χ2v) is 15.4. The molecule has 0 fully saturated rings. The van der Waals surface area contributed by atoms with Gasteiger partial charge in [0.1, 0.15) is 17.7 Å². The predicted octanol–water partition coefficient (Wildman–Crippen LogP) is 11.3. The number of pyridine rings is 2. The van der Waals surface area contributed by atoms with E-state index in [4.69, 9.17) is 21.6 Å². The number of carbonyl (C=O) groups excluding carboxylic acids is 4. The number of halogens is 3. The third-order valence-electron chi connectivity index (χ3n) is 11.3. The lowest BCUT2D eigenvalue weighted by molar-refractivity contribution is 0.0577. The molecule has 8 aromatic rings. The van der Waals surface area contributed by atoms with Gasteiger partial charge in [0.15, 0.2) is 0 Å². The van der Waals surface area contributed by atoms with E-state index in [1.165, 1.54) is 40.1 Å². The molecule has 0 saturated heterocycles. The molecule has 6 aromatic carbocycles. The molecule has 4 amide bonds. The van der Waals surface area contributed by atoms with Gasteiger partial charge in [-0.2, -0.15) is 5.26 Å². The van der Waals surface area contributed by atoms with Crippen LogP contribution >= 0.6 is 11.6 Å². The second-order valence-electron chi connectivity index (χ2n) is 15.0. The summed E-state index contributed by atoms with van der Waals surface area (Å²) >= 11 is 6.77. The molecule has 2 unspecified atom stereocenters. The Bertz CT molecular complexity index is 3200. The number of hydrogen-bond acceptors (Lipinski definition) is 7. The zero-order chi connectivity index (χ0) is 44.1. The molecule has 12 heteroatoms. The highest BCUT2D eigenvalue weighted by Crippen LogP contribution is 2.42. The summed E-state index contributed by atoms with van der Waals surface area (Å²) in [5, 5.41) is 11.2. The van der Waals surface area contributed by atoms with Crippen molar-refractivity contribution in [2.24, 2.45) is 0 Å². The van der Waals surface area contributed by atoms with Crippen LogP contribution in [0.1, 0.15) is 84.3 Å². The highest BCUT2D eigenvalue weighted by molar-refractivity contribution is 6.38. The molecule has 306 valence electrons. The lowest BCUT2D eigenvalue weighted by Crippen LogP contribution is -2.33. The van der Waals surface area contributed by atoms with Crippen molar-refractivity contribution in [1.29, 1.82) is 5.26 Å². The molecule has 63 heavy (non-hydrogen) atoms. The van der Waals surface area contributed by atoms with E-state index in [-0.39, 0.29) is 17.4 Å². The van der Waals surface area contributed by atoms with Gasteiger partial charge in [-0.3, -0.25) is 29.0 Å². The number of nitriles is 1. The first kappa shape index (κ1) is 40.5. The molecule has 0 aliphatic carbocycles. The fourth-order valence-electron chi connectivity index (χ4n) is 8.33. The van der Waals surface area contributed by atoms with Crippen molar-refractivity contribution in [2.45, 2.75) is 25.9 Å². The van der Waals surface area contributed by atoms with Gasteiger partial charge >= 0.3 is 0 Å².